The Hall–Kier alpha value is -3.06. The van der Waals surface area contributed by atoms with Gasteiger partial charge in [0.1, 0.15) is 11.5 Å². The van der Waals surface area contributed by atoms with E-state index in [9.17, 15) is 14.8 Å². The maximum Gasteiger partial charge on any atom is 0.541 e. The zero-order chi connectivity index (χ0) is 15.1. The van der Waals surface area contributed by atoms with Crippen LogP contribution in [0.4, 0.5) is 9.59 Å². The number of hydrogen-bond donors (Lipinski definition) is 1. The van der Waals surface area contributed by atoms with E-state index in [2.05, 4.69) is 4.84 Å². The van der Waals surface area contributed by atoms with Gasteiger partial charge in [-0.25, -0.2) is 14.8 Å². The minimum atomic E-state index is -1.29. The Morgan fingerprint density at radius 3 is 1.81 bits per heavy atom. The van der Waals surface area contributed by atoms with Crippen molar-refractivity contribution in [2.45, 2.75) is 0 Å². The second kappa shape index (κ2) is 6.92. The lowest BCUT2D eigenvalue weighted by Crippen LogP contribution is -2.33. The summed E-state index contributed by atoms with van der Waals surface area (Å²) >= 11 is 0. The monoisotopic (exact) mass is 289 g/mol. The number of hydroxylamine groups is 2. The molecule has 0 radical (unpaired) electrons. The number of para-hydroxylation sites is 2. The van der Waals surface area contributed by atoms with Gasteiger partial charge < -0.3 is 9.47 Å². The molecule has 0 aliphatic rings. The van der Waals surface area contributed by atoms with Gasteiger partial charge in [0.05, 0.1) is 0 Å². The third-order valence-corrected chi connectivity index (χ3v) is 2.21. The van der Waals surface area contributed by atoms with Crippen LogP contribution in [0.3, 0.4) is 0 Å². The standard InChI is InChI=1S/C14H11NO6/c16-13(19-11-7-3-1-4-8-11)15(18)21-14(17)20-12-9-5-2-6-10-12/h1-10,18H. The number of rotatable bonds is 2. The van der Waals surface area contributed by atoms with E-state index in [-0.39, 0.29) is 16.7 Å². The molecule has 0 fully saturated rings. The highest BCUT2D eigenvalue weighted by Crippen LogP contribution is 2.11. The minimum Gasteiger partial charge on any atom is -0.407 e. The molecule has 21 heavy (non-hydrogen) atoms. The average molecular weight is 289 g/mol. The highest BCUT2D eigenvalue weighted by Gasteiger charge is 2.20. The van der Waals surface area contributed by atoms with Gasteiger partial charge in [0, 0.05) is 5.23 Å². The van der Waals surface area contributed by atoms with Crippen LogP contribution in [0.15, 0.2) is 60.7 Å². The van der Waals surface area contributed by atoms with Crippen LogP contribution < -0.4 is 9.47 Å². The largest absolute Gasteiger partial charge is 0.541 e. The number of benzene rings is 2. The van der Waals surface area contributed by atoms with Crippen LogP contribution in [-0.4, -0.2) is 22.7 Å². The molecule has 1 amide bonds. The second-order valence-electron chi connectivity index (χ2n) is 3.71. The Bertz CT molecular complexity index is 601. The van der Waals surface area contributed by atoms with Crippen LogP contribution in [0.25, 0.3) is 0 Å². The number of hydrogen-bond acceptors (Lipinski definition) is 6. The molecule has 0 atom stereocenters. The lowest BCUT2D eigenvalue weighted by Gasteiger charge is -2.12. The molecule has 0 aliphatic carbocycles. The van der Waals surface area contributed by atoms with Gasteiger partial charge in [0.15, 0.2) is 0 Å². The summed E-state index contributed by atoms with van der Waals surface area (Å²) in [6, 6.07) is 16.0. The number of amides is 1. The molecule has 0 spiro atoms. The second-order valence-corrected chi connectivity index (χ2v) is 3.71. The van der Waals surface area contributed by atoms with E-state index in [4.69, 9.17) is 9.47 Å². The summed E-state index contributed by atoms with van der Waals surface area (Å²) in [7, 11) is 0. The predicted molar refractivity (Wildman–Crippen MR) is 69.6 cm³/mol. The zero-order valence-corrected chi connectivity index (χ0v) is 10.7. The molecule has 0 aliphatic heterocycles. The van der Waals surface area contributed by atoms with Crippen molar-refractivity contribution in [3.63, 3.8) is 0 Å². The van der Waals surface area contributed by atoms with Crippen molar-refractivity contribution < 1.29 is 29.1 Å². The van der Waals surface area contributed by atoms with Gasteiger partial charge in [-0.1, -0.05) is 36.4 Å². The Kier molecular flexibility index (Phi) is 4.73. The molecule has 2 aromatic carbocycles. The van der Waals surface area contributed by atoms with E-state index >= 15 is 0 Å². The van der Waals surface area contributed by atoms with E-state index < -0.39 is 12.2 Å². The molecular formula is C14H11NO6. The Balaban J connectivity index is 1.84. The fourth-order valence-corrected chi connectivity index (χ4v) is 1.34. The lowest BCUT2D eigenvalue weighted by molar-refractivity contribution is -0.269. The maximum atomic E-state index is 11.4. The summed E-state index contributed by atoms with van der Waals surface area (Å²) in [6.45, 7) is 0. The molecule has 0 saturated carbocycles. The molecule has 2 rings (SSSR count). The van der Waals surface area contributed by atoms with E-state index in [1.807, 2.05) is 0 Å². The maximum absolute atomic E-state index is 11.4. The fraction of sp³-hybridized carbons (Fsp3) is 0. The molecule has 7 nitrogen and oxygen atoms in total. The quantitative estimate of drug-likeness (QED) is 0.396. The minimum absolute atomic E-state index is 0.182. The summed E-state index contributed by atoms with van der Waals surface area (Å²) in [5.41, 5.74) is 0. The third-order valence-electron chi connectivity index (χ3n) is 2.21. The smallest absolute Gasteiger partial charge is 0.407 e. The van der Waals surface area contributed by atoms with Gasteiger partial charge in [-0.05, 0) is 24.3 Å². The SMILES string of the molecule is O=C(Oc1ccccc1)ON(O)C(=O)Oc1ccccc1. The Morgan fingerprint density at radius 1 is 0.810 bits per heavy atom. The van der Waals surface area contributed by atoms with Gasteiger partial charge in [0.25, 0.3) is 0 Å². The van der Waals surface area contributed by atoms with Crippen molar-refractivity contribution in [1.82, 2.24) is 5.23 Å². The summed E-state index contributed by atoms with van der Waals surface area (Å²) < 4.78 is 9.45. The van der Waals surface area contributed by atoms with Crippen LogP contribution in [0.5, 0.6) is 11.5 Å². The first-order valence-corrected chi connectivity index (χ1v) is 5.86. The van der Waals surface area contributed by atoms with Gasteiger partial charge in [-0.3, -0.25) is 4.84 Å². The highest BCUT2D eigenvalue weighted by molar-refractivity contribution is 5.71. The number of carbonyl (C=O) groups excluding carboxylic acids is 2. The molecular weight excluding hydrogens is 278 g/mol. The van der Waals surface area contributed by atoms with Gasteiger partial charge >= 0.3 is 12.2 Å². The van der Waals surface area contributed by atoms with Crippen LogP contribution >= 0.6 is 0 Å². The predicted octanol–water partition coefficient (Wildman–Crippen LogP) is 3.01. The van der Waals surface area contributed by atoms with Crippen molar-refractivity contribution >= 4 is 12.2 Å². The van der Waals surface area contributed by atoms with E-state index in [0.29, 0.717) is 0 Å². The van der Waals surface area contributed by atoms with Crippen LogP contribution in [0.2, 0.25) is 0 Å². The number of ether oxygens (including phenoxy) is 2. The molecule has 0 aromatic heterocycles. The van der Waals surface area contributed by atoms with Crippen LogP contribution in [0.1, 0.15) is 0 Å². The first-order chi connectivity index (χ1) is 10.1. The lowest BCUT2D eigenvalue weighted by atomic mass is 10.3. The summed E-state index contributed by atoms with van der Waals surface area (Å²) in [5, 5.41) is 8.91. The van der Waals surface area contributed by atoms with Crippen LogP contribution in [0, 0.1) is 0 Å². The summed E-state index contributed by atoms with van der Waals surface area (Å²) in [6.07, 6.45) is -2.57. The van der Waals surface area contributed by atoms with Gasteiger partial charge in [0.2, 0.25) is 0 Å². The van der Waals surface area contributed by atoms with Gasteiger partial charge in [-0.15, -0.1) is 0 Å². The Morgan fingerprint density at radius 2 is 1.29 bits per heavy atom. The fourth-order valence-electron chi connectivity index (χ4n) is 1.34. The topological polar surface area (TPSA) is 85.3 Å². The average Bonchev–Trinajstić information content (AvgIpc) is 2.49. The van der Waals surface area contributed by atoms with Crippen molar-refractivity contribution in [3.05, 3.63) is 60.7 Å². The summed E-state index contributed by atoms with van der Waals surface area (Å²) in [4.78, 5) is 27.0. The van der Waals surface area contributed by atoms with Crippen LogP contribution in [-0.2, 0) is 4.84 Å². The molecule has 7 heteroatoms. The normalized spacial score (nSPS) is 9.57. The number of carbonyl (C=O) groups is 2. The molecule has 108 valence electrons. The third kappa shape index (κ3) is 4.51. The zero-order valence-electron chi connectivity index (χ0n) is 10.7. The van der Waals surface area contributed by atoms with E-state index in [1.54, 1.807) is 36.4 Å². The molecule has 0 saturated heterocycles. The van der Waals surface area contributed by atoms with Crippen molar-refractivity contribution in [1.29, 1.82) is 0 Å². The molecule has 0 heterocycles. The van der Waals surface area contributed by atoms with Gasteiger partial charge in [-0.2, -0.15) is 0 Å². The van der Waals surface area contributed by atoms with Crippen molar-refractivity contribution in [3.8, 4) is 11.5 Å². The molecule has 2 aromatic rings. The van der Waals surface area contributed by atoms with Crippen molar-refractivity contribution in [2.24, 2.45) is 0 Å². The van der Waals surface area contributed by atoms with E-state index in [1.165, 1.54) is 24.3 Å². The van der Waals surface area contributed by atoms with Crippen molar-refractivity contribution in [2.75, 3.05) is 0 Å². The molecule has 1 N–H and O–H groups in total. The first-order valence-electron chi connectivity index (χ1n) is 5.86. The summed E-state index contributed by atoms with van der Waals surface area (Å²) in [5.74, 6) is 0.383. The first kappa shape index (κ1) is 14.4. The molecule has 0 unspecified atom stereocenters. The Labute approximate surface area is 119 Å². The number of nitrogens with zero attached hydrogens (tertiary/aromatic N) is 1. The highest BCUT2D eigenvalue weighted by atomic mass is 17.0. The van der Waals surface area contributed by atoms with E-state index in [0.717, 1.165) is 0 Å². The molecule has 0 bridgehead atoms.